The maximum atomic E-state index is 5.88. The fourth-order valence-corrected chi connectivity index (χ4v) is 3.19. The number of anilines is 2. The number of nitrogens with one attached hydrogen (secondary N) is 1. The molecule has 3 N–H and O–H groups in total. The van der Waals surface area contributed by atoms with E-state index in [-0.39, 0.29) is 5.95 Å². The summed E-state index contributed by atoms with van der Waals surface area (Å²) in [6.45, 7) is 5.72. The molecule has 8 nitrogen and oxygen atoms in total. The summed E-state index contributed by atoms with van der Waals surface area (Å²) in [5.41, 5.74) is 9.60. The van der Waals surface area contributed by atoms with Crippen molar-refractivity contribution in [1.29, 1.82) is 0 Å². The van der Waals surface area contributed by atoms with Crippen molar-refractivity contribution in [2.75, 3.05) is 38.8 Å². The van der Waals surface area contributed by atoms with Crippen LogP contribution in [0.4, 0.5) is 11.8 Å². The first-order valence-electron chi connectivity index (χ1n) is 10.0. The highest BCUT2D eigenvalue weighted by molar-refractivity contribution is 5.85. The monoisotopic (exact) mass is 397 g/mol. The lowest BCUT2D eigenvalue weighted by Crippen LogP contribution is -2.17. The molecule has 1 atom stereocenters. The second kappa shape index (κ2) is 9.09. The van der Waals surface area contributed by atoms with Crippen molar-refractivity contribution in [3.05, 3.63) is 35.5 Å². The van der Waals surface area contributed by atoms with Crippen LogP contribution in [0, 0.1) is 0 Å². The number of hydrogen-bond donors (Lipinski definition) is 2. The van der Waals surface area contributed by atoms with Crippen molar-refractivity contribution < 1.29 is 4.74 Å². The molecule has 2 heterocycles. The zero-order chi connectivity index (χ0) is 21.0. The van der Waals surface area contributed by atoms with Crippen LogP contribution in [0.5, 0.6) is 5.75 Å². The lowest BCUT2D eigenvalue weighted by atomic mass is 10.0. The van der Waals surface area contributed by atoms with Gasteiger partial charge in [-0.2, -0.15) is 10.1 Å². The third kappa shape index (κ3) is 4.76. The van der Waals surface area contributed by atoms with Crippen molar-refractivity contribution in [3.63, 3.8) is 0 Å². The second-order valence-corrected chi connectivity index (χ2v) is 7.48. The molecule has 1 aromatic carbocycles. The zero-order valence-corrected chi connectivity index (χ0v) is 17.9. The molecule has 0 bridgehead atoms. The predicted molar refractivity (Wildman–Crippen MR) is 117 cm³/mol. The summed E-state index contributed by atoms with van der Waals surface area (Å²) >= 11 is 0. The van der Waals surface area contributed by atoms with E-state index in [1.807, 2.05) is 10.9 Å². The van der Waals surface area contributed by atoms with E-state index in [4.69, 9.17) is 15.6 Å². The number of nitrogen functional groups attached to an aromatic ring is 1. The van der Waals surface area contributed by atoms with Gasteiger partial charge in [0.1, 0.15) is 11.3 Å². The van der Waals surface area contributed by atoms with Gasteiger partial charge < -0.3 is 20.7 Å². The molecule has 0 unspecified atom stereocenters. The van der Waals surface area contributed by atoms with E-state index in [0.29, 0.717) is 18.4 Å². The molecule has 0 aliphatic carbocycles. The van der Waals surface area contributed by atoms with Crippen LogP contribution in [0.25, 0.3) is 11.0 Å². The number of methoxy groups -OCH3 is 1. The van der Waals surface area contributed by atoms with E-state index in [0.717, 1.165) is 41.7 Å². The fraction of sp³-hybridized carbons (Fsp3) is 0.476. The van der Waals surface area contributed by atoms with Gasteiger partial charge in [-0.25, -0.2) is 4.98 Å². The Bertz CT molecular complexity index is 967. The molecule has 0 aliphatic heterocycles. The Kier molecular flexibility index (Phi) is 6.53. The first-order valence-corrected chi connectivity index (χ1v) is 10.0. The largest absolute Gasteiger partial charge is 0.496 e. The standard InChI is InChI=1S/C21H31N7O/c1-6-7-10-23-20-19-17(24-21(22)25-20)13-28(26-19)12-16-9-8-15(11-18(16)29-5)14(2)27(3)4/h8-9,11,13-14H,6-7,10,12H2,1-5H3,(H3,22,23,24,25)/t14-/m1/s1. The second-order valence-electron chi connectivity index (χ2n) is 7.48. The van der Waals surface area contributed by atoms with Crippen LogP contribution in [-0.2, 0) is 6.54 Å². The van der Waals surface area contributed by atoms with Crippen molar-refractivity contribution in [1.82, 2.24) is 24.6 Å². The Balaban J connectivity index is 1.89. The first kappa shape index (κ1) is 20.9. The van der Waals surface area contributed by atoms with Crippen molar-refractivity contribution >= 4 is 22.8 Å². The molecule has 8 heteroatoms. The quantitative estimate of drug-likeness (QED) is 0.535. The van der Waals surface area contributed by atoms with Gasteiger partial charge in [-0.3, -0.25) is 4.68 Å². The summed E-state index contributed by atoms with van der Waals surface area (Å²) in [6, 6.07) is 6.64. The lowest BCUT2D eigenvalue weighted by molar-refractivity contribution is 0.319. The smallest absolute Gasteiger partial charge is 0.222 e. The van der Waals surface area contributed by atoms with Crippen LogP contribution >= 0.6 is 0 Å². The van der Waals surface area contributed by atoms with Crippen LogP contribution < -0.4 is 15.8 Å². The van der Waals surface area contributed by atoms with E-state index < -0.39 is 0 Å². The minimum Gasteiger partial charge on any atom is -0.496 e. The summed E-state index contributed by atoms with van der Waals surface area (Å²) in [5, 5.41) is 8.02. The highest BCUT2D eigenvalue weighted by atomic mass is 16.5. The number of unbranched alkanes of at least 4 members (excludes halogenated alkanes) is 1. The summed E-state index contributed by atoms with van der Waals surface area (Å²) in [7, 11) is 5.84. The summed E-state index contributed by atoms with van der Waals surface area (Å²) < 4.78 is 7.51. The van der Waals surface area contributed by atoms with Gasteiger partial charge in [-0.1, -0.05) is 25.5 Å². The maximum Gasteiger partial charge on any atom is 0.222 e. The highest BCUT2D eigenvalue weighted by Crippen LogP contribution is 2.27. The van der Waals surface area contributed by atoms with Gasteiger partial charge >= 0.3 is 0 Å². The number of rotatable bonds is 9. The van der Waals surface area contributed by atoms with E-state index in [9.17, 15) is 0 Å². The van der Waals surface area contributed by atoms with Crippen molar-refractivity contribution in [2.45, 2.75) is 39.3 Å². The Hall–Kier alpha value is -2.87. The molecule has 3 rings (SSSR count). The number of hydrogen-bond acceptors (Lipinski definition) is 7. The molecule has 0 radical (unpaired) electrons. The number of fused-ring (bicyclic) bond motifs is 1. The van der Waals surface area contributed by atoms with Gasteiger partial charge in [0.05, 0.1) is 19.9 Å². The van der Waals surface area contributed by atoms with Crippen molar-refractivity contribution in [3.8, 4) is 5.75 Å². The molecule has 2 aromatic heterocycles. The molecular formula is C21H31N7O. The highest BCUT2D eigenvalue weighted by Gasteiger charge is 2.14. The Morgan fingerprint density at radius 3 is 2.76 bits per heavy atom. The molecule has 3 aromatic rings. The zero-order valence-electron chi connectivity index (χ0n) is 17.9. The lowest BCUT2D eigenvalue weighted by Gasteiger charge is -2.21. The van der Waals surface area contributed by atoms with Gasteiger partial charge in [-0.15, -0.1) is 0 Å². The Labute approximate surface area is 172 Å². The predicted octanol–water partition coefficient (Wildman–Crippen LogP) is 3.30. The minimum atomic E-state index is 0.246. The molecule has 0 saturated heterocycles. The molecule has 0 spiro atoms. The van der Waals surface area contributed by atoms with Crippen molar-refractivity contribution in [2.24, 2.45) is 0 Å². The fourth-order valence-electron chi connectivity index (χ4n) is 3.19. The van der Waals surface area contributed by atoms with Gasteiger partial charge in [0.25, 0.3) is 0 Å². The number of aromatic nitrogens is 4. The molecular weight excluding hydrogens is 366 g/mol. The normalized spacial score (nSPS) is 12.5. The average molecular weight is 398 g/mol. The molecule has 156 valence electrons. The molecule has 0 aliphatic rings. The number of nitrogens with zero attached hydrogens (tertiary/aromatic N) is 5. The van der Waals surface area contributed by atoms with Gasteiger partial charge in [0.2, 0.25) is 5.95 Å². The first-order chi connectivity index (χ1) is 13.9. The number of ether oxygens (including phenoxy) is 1. The third-order valence-corrected chi connectivity index (χ3v) is 5.15. The number of benzene rings is 1. The van der Waals surface area contributed by atoms with Crippen LogP contribution in [-0.4, -0.2) is 52.4 Å². The summed E-state index contributed by atoms with van der Waals surface area (Å²) in [5.74, 6) is 1.78. The average Bonchev–Trinajstić information content (AvgIpc) is 3.10. The molecule has 0 fully saturated rings. The van der Waals surface area contributed by atoms with Gasteiger partial charge in [0, 0.05) is 18.2 Å². The molecule has 0 saturated carbocycles. The van der Waals surface area contributed by atoms with E-state index in [1.165, 1.54) is 5.56 Å². The van der Waals surface area contributed by atoms with Gasteiger partial charge in [-0.05, 0) is 39.1 Å². The van der Waals surface area contributed by atoms with Crippen LogP contribution in [0.1, 0.15) is 43.9 Å². The molecule has 0 amide bonds. The Morgan fingerprint density at radius 1 is 1.28 bits per heavy atom. The van der Waals surface area contributed by atoms with E-state index in [1.54, 1.807) is 7.11 Å². The topological polar surface area (TPSA) is 94.1 Å². The SMILES string of the molecule is CCCCNc1nc(N)nc2cn(Cc3ccc([C@@H](C)N(C)C)cc3OC)nc12. The Morgan fingerprint density at radius 2 is 2.07 bits per heavy atom. The van der Waals surface area contributed by atoms with Gasteiger partial charge in [0.15, 0.2) is 11.3 Å². The third-order valence-electron chi connectivity index (χ3n) is 5.15. The summed E-state index contributed by atoms with van der Waals surface area (Å²) in [4.78, 5) is 10.8. The van der Waals surface area contributed by atoms with E-state index in [2.05, 4.69) is 66.3 Å². The number of nitrogens with two attached hydrogens (primary N) is 1. The van der Waals surface area contributed by atoms with Crippen LogP contribution in [0.15, 0.2) is 24.4 Å². The maximum absolute atomic E-state index is 5.88. The van der Waals surface area contributed by atoms with Crippen LogP contribution in [0.3, 0.4) is 0 Å². The van der Waals surface area contributed by atoms with Crippen LogP contribution in [0.2, 0.25) is 0 Å². The minimum absolute atomic E-state index is 0.246. The summed E-state index contributed by atoms with van der Waals surface area (Å²) in [6.07, 6.45) is 4.06. The molecule has 29 heavy (non-hydrogen) atoms. The van der Waals surface area contributed by atoms with E-state index >= 15 is 0 Å².